The molecule has 9 heavy (non-hydrogen) atoms. The van der Waals surface area contributed by atoms with Gasteiger partial charge >= 0.3 is 0 Å². The van der Waals surface area contributed by atoms with Crippen LogP contribution in [0.25, 0.3) is 0 Å². The quantitative estimate of drug-likeness (QED) is 0.489. The van der Waals surface area contributed by atoms with Gasteiger partial charge in [0, 0.05) is 6.61 Å². The summed E-state index contributed by atoms with van der Waals surface area (Å²) in [6, 6.07) is 2.25. The second-order valence-corrected chi connectivity index (χ2v) is 2.53. The molecule has 0 N–H and O–H groups in total. The largest absolute Gasteiger partial charge is 0.378 e. The summed E-state index contributed by atoms with van der Waals surface area (Å²) in [5, 5.41) is 8.50. The van der Waals surface area contributed by atoms with Gasteiger partial charge in [0.25, 0.3) is 0 Å². The van der Waals surface area contributed by atoms with Crippen LogP contribution in [0.15, 0.2) is 0 Å². The molecule has 2 heteroatoms. The highest BCUT2D eigenvalue weighted by Gasteiger charge is 2.17. The highest BCUT2D eigenvalue weighted by atomic mass is 16.5. The fraction of sp³-hybridized carbons (Fsp3) is 0.857. The van der Waals surface area contributed by atoms with Gasteiger partial charge in [-0.25, -0.2) is 0 Å². The van der Waals surface area contributed by atoms with Crippen molar-refractivity contribution in [3.63, 3.8) is 0 Å². The van der Waals surface area contributed by atoms with Gasteiger partial charge in [0.05, 0.1) is 18.1 Å². The maximum atomic E-state index is 8.50. The first-order valence-corrected chi connectivity index (χ1v) is 3.34. The minimum Gasteiger partial charge on any atom is -0.378 e. The Morgan fingerprint density at radius 2 is 2.44 bits per heavy atom. The van der Waals surface area contributed by atoms with Crippen molar-refractivity contribution < 1.29 is 4.74 Å². The number of rotatable bonds is 0. The molecule has 0 aromatic carbocycles. The van der Waals surface area contributed by atoms with E-state index in [-0.39, 0.29) is 5.92 Å². The minimum absolute atomic E-state index is 0.244. The Morgan fingerprint density at radius 1 is 1.67 bits per heavy atom. The summed E-state index contributed by atoms with van der Waals surface area (Å²) in [5.41, 5.74) is 0. The van der Waals surface area contributed by atoms with Gasteiger partial charge in [-0.2, -0.15) is 5.26 Å². The van der Waals surface area contributed by atoms with Crippen molar-refractivity contribution in [2.75, 3.05) is 6.61 Å². The number of hydrogen-bond donors (Lipinski definition) is 0. The molecule has 0 aromatic heterocycles. The maximum Gasteiger partial charge on any atom is 0.0657 e. The molecule has 1 saturated heterocycles. The predicted octanol–water partition coefficient (Wildman–Crippen LogP) is 1.33. The third kappa shape index (κ3) is 1.69. The van der Waals surface area contributed by atoms with E-state index >= 15 is 0 Å². The second kappa shape index (κ2) is 2.84. The molecule has 0 spiro atoms. The number of hydrogen-bond acceptors (Lipinski definition) is 2. The summed E-state index contributed by atoms with van der Waals surface area (Å²) in [4.78, 5) is 0. The Hall–Kier alpha value is -0.550. The smallest absolute Gasteiger partial charge is 0.0657 e. The zero-order valence-corrected chi connectivity index (χ0v) is 5.63. The van der Waals surface area contributed by atoms with Crippen LogP contribution in [0.2, 0.25) is 0 Å². The first-order chi connectivity index (χ1) is 4.33. The fourth-order valence-corrected chi connectivity index (χ4v) is 1.12. The highest BCUT2D eigenvalue weighted by Crippen LogP contribution is 2.18. The lowest BCUT2D eigenvalue weighted by molar-refractivity contribution is 0.0140. The molecular weight excluding hydrogens is 114 g/mol. The third-order valence-electron chi connectivity index (χ3n) is 1.67. The van der Waals surface area contributed by atoms with Gasteiger partial charge in [-0.3, -0.25) is 0 Å². The van der Waals surface area contributed by atoms with Crippen molar-refractivity contribution in [1.29, 1.82) is 5.26 Å². The predicted molar refractivity (Wildman–Crippen MR) is 33.8 cm³/mol. The molecule has 0 aromatic rings. The monoisotopic (exact) mass is 125 g/mol. The van der Waals surface area contributed by atoms with Crippen LogP contribution in [0.1, 0.15) is 19.8 Å². The summed E-state index contributed by atoms with van der Waals surface area (Å²) in [7, 11) is 0. The molecule has 1 aliphatic heterocycles. The topological polar surface area (TPSA) is 33.0 Å². The van der Waals surface area contributed by atoms with E-state index in [9.17, 15) is 0 Å². The van der Waals surface area contributed by atoms with Crippen molar-refractivity contribution in [2.45, 2.75) is 25.9 Å². The molecule has 0 bridgehead atoms. The molecule has 0 radical (unpaired) electrons. The molecule has 1 rings (SSSR count). The lowest BCUT2D eigenvalue weighted by Crippen LogP contribution is -2.21. The van der Waals surface area contributed by atoms with E-state index in [2.05, 4.69) is 6.07 Å². The highest BCUT2D eigenvalue weighted by molar-refractivity contribution is 4.85. The standard InChI is InChI=1S/C7H11NO/c1-6-4-7(5-8)2-3-9-6/h6-7H,2-4H2,1H3/t6-,7-/m1/s1. The molecule has 0 saturated carbocycles. The molecule has 1 aliphatic rings. The van der Waals surface area contributed by atoms with Gasteiger partial charge in [-0.15, -0.1) is 0 Å². The van der Waals surface area contributed by atoms with Crippen molar-refractivity contribution in [3.05, 3.63) is 0 Å². The normalized spacial score (nSPS) is 35.6. The molecule has 1 fully saturated rings. The van der Waals surface area contributed by atoms with Gasteiger partial charge in [0.2, 0.25) is 0 Å². The van der Waals surface area contributed by atoms with Crippen molar-refractivity contribution in [2.24, 2.45) is 5.92 Å². The Kier molecular flexibility index (Phi) is 2.07. The summed E-state index contributed by atoms with van der Waals surface area (Å²) in [5.74, 6) is 0.244. The Morgan fingerprint density at radius 3 is 2.89 bits per heavy atom. The lowest BCUT2D eigenvalue weighted by atomic mass is 9.98. The van der Waals surface area contributed by atoms with Crippen molar-refractivity contribution in [1.82, 2.24) is 0 Å². The van der Waals surface area contributed by atoms with Crippen LogP contribution < -0.4 is 0 Å². The average Bonchev–Trinajstić information content (AvgIpc) is 1.88. The number of ether oxygens (including phenoxy) is 1. The molecule has 1 heterocycles. The van der Waals surface area contributed by atoms with Gasteiger partial charge in [-0.05, 0) is 19.8 Å². The van der Waals surface area contributed by atoms with E-state index in [0.717, 1.165) is 19.4 Å². The first-order valence-electron chi connectivity index (χ1n) is 3.34. The van der Waals surface area contributed by atoms with Crippen LogP contribution >= 0.6 is 0 Å². The van der Waals surface area contributed by atoms with E-state index in [4.69, 9.17) is 10.00 Å². The molecule has 0 aliphatic carbocycles. The summed E-state index contributed by atoms with van der Waals surface area (Å²) < 4.78 is 5.26. The summed E-state index contributed by atoms with van der Waals surface area (Å²) in [6.07, 6.45) is 2.13. The van der Waals surface area contributed by atoms with E-state index in [0.29, 0.717) is 6.10 Å². The van der Waals surface area contributed by atoms with Crippen LogP contribution in [0.5, 0.6) is 0 Å². The average molecular weight is 125 g/mol. The van der Waals surface area contributed by atoms with Crippen LogP contribution in [0, 0.1) is 17.2 Å². The maximum absolute atomic E-state index is 8.50. The van der Waals surface area contributed by atoms with Crippen molar-refractivity contribution >= 4 is 0 Å². The van der Waals surface area contributed by atoms with E-state index in [1.54, 1.807) is 0 Å². The summed E-state index contributed by atoms with van der Waals surface area (Å²) >= 11 is 0. The number of nitrogens with zero attached hydrogens (tertiary/aromatic N) is 1. The van der Waals surface area contributed by atoms with E-state index in [1.165, 1.54) is 0 Å². The lowest BCUT2D eigenvalue weighted by Gasteiger charge is -2.21. The van der Waals surface area contributed by atoms with Gasteiger partial charge in [-0.1, -0.05) is 0 Å². The third-order valence-corrected chi connectivity index (χ3v) is 1.67. The molecule has 0 amide bonds. The molecule has 50 valence electrons. The zero-order chi connectivity index (χ0) is 6.69. The van der Waals surface area contributed by atoms with Gasteiger partial charge in [0.1, 0.15) is 0 Å². The van der Waals surface area contributed by atoms with Crippen LogP contribution in [0.4, 0.5) is 0 Å². The molecule has 2 atom stereocenters. The second-order valence-electron chi connectivity index (χ2n) is 2.53. The van der Waals surface area contributed by atoms with Crippen LogP contribution in [-0.4, -0.2) is 12.7 Å². The SMILES string of the molecule is C[C@@H]1C[C@H](C#N)CCO1. The van der Waals surface area contributed by atoms with Gasteiger partial charge < -0.3 is 4.74 Å². The molecular formula is C7H11NO. The van der Waals surface area contributed by atoms with E-state index < -0.39 is 0 Å². The Balaban J connectivity index is 2.34. The molecule has 0 unspecified atom stereocenters. The van der Waals surface area contributed by atoms with Crippen molar-refractivity contribution in [3.8, 4) is 6.07 Å². The fourth-order valence-electron chi connectivity index (χ4n) is 1.12. The molecule has 2 nitrogen and oxygen atoms in total. The van der Waals surface area contributed by atoms with Crippen LogP contribution in [0.3, 0.4) is 0 Å². The summed E-state index contributed by atoms with van der Waals surface area (Å²) in [6.45, 7) is 2.78. The first kappa shape index (κ1) is 6.57. The van der Waals surface area contributed by atoms with E-state index in [1.807, 2.05) is 6.92 Å². The zero-order valence-electron chi connectivity index (χ0n) is 5.63. The Labute approximate surface area is 55.4 Å². The van der Waals surface area contributed by atoms with Crippen LogP contribution in [-0.2, 0) is 4.74 Å². The minimum atomic E-state index is 0.244. The number of nitriles is 1. The Bertz CT molecular complexity index is 127. The van der Waals surface area contributed by atoms with Gasteiger partial charge in [0.15, 0.2) is 0 Å².